The Morgan fingerprint density at radius 3 is 2.76 bits per heavy atom. The topological polar surface area (TPSA) is 69.9 Å². The van der Waals surface area contributed by atoms with Crippen molar-refractivity contribution in [2.45, 2.75) is 26.2 Å². The van der Waals surface area contributed by atoms with Crippen LogP contribution in [0.4, 0.5) is 5.69 Å². The Morgan fingerprint density at radius 1 is 1.24 bits per heavy atom. The maximum atomic E-state index is 12.0. The van der Waals surface area contributed by atoms with E-state index >= 15 is 0 Å². The highest BCUT2D eigenvalue weighted by Crippen LogP contribution is 2.24. The van der Waals surface area contributed by atoms with Gasteiger partial charge in [-0.05, 0) is 18.4 Å². The van der Waals surface area contributed by atoms with Crippen LogP contribution in [0.5, 0.6) is 0 Å². The maximum Gasteiger partial charge on any atom is 0.236 e. The second-order valence-corrected chi connectivity index (χ2v) is 7.11. The summed E-state index contributed by atoms with van der Waals surface area (Å²) in [6, 6.07) is 2.13. The second kappa shape index (κ2) is 7.35. The minimum atomic E-state index is 0.152. The van der Waals surface area contributed by atoms with E-state index in [1.807, 2.05) is 0 Å². The van der Waals surface area contributed by atoms with E-state index in [1.54, 1.807) is 29.8 Å². The van der Waals surface area contributed by atoms with E-state index in [4.69, 9.17) is 0 Å². The monoisotopic (exact) mass is 345 g/mol. The highest BCUT2D eigenvalue weighted by molar-refractivity contribution is 5.77. The van der Waals surface area contributed by atoms with Crippen LogP contribution in [0.15, 0.2) is 12.4 Å². The van der Waals surface area contributed by atoms with Crippen LogP contribution in [0, 0.1) is 0 Å². The molecule has 0 N–H and O–H groups in total. The largest absolute Gasteiger partial charge is 0.367 e. The number of rotatable bonds is 4. The molecule has 1 aliphatic heterocycles. The van der Waals surface area contributed by atoms with E-state index < -0.39 is 0 Å². The van der Waals surface area contributed by atoms with Crippen LogP contribution >= 0.6 is 0 Å². The lowest BCUT2D eigenvalue weighted by Gasteiger charge is -2.24. The van der Waals surface area contributed by atoms with Gasteiger partial charge in [0.05, 0.1) is 17.9 Å². The first kappa shape index (κ1) is 17.6. The molecule has 8 heteroatoms. The van der Waals surface area contributed by atoms with Crippen LogP contribution in [0.3, 0.4) is 0 Å². The zero-order valence-electron chi connectivity index (χ0n) is 15.5. The van der Waals surface area contributed by atoms with Crippen LogP contribution in [0.2, 0.25) is 0 Å². The zero-order chi connectivity index (χ0) is 18.0. The molecule has 8 nitrogen and oxygen atoms in total. The third-order valence-corrected chi connectivity index (χ3v) is 4.65. The van der Waals surface area contributed by atoms with Crippen LogP contribution in [-0.4, -0.2) is 82.3 Å². The van der Waals surface area contributed by atoms with E-state index in [0.29, 0.717) is 12.5 Å². The van der Waals surface area contributed by atoms with Crippen LogP contribution in [-0.2, 0) is 4.79 Å². The van der Waals surface area contributed by atoms with Gasteiger partial charge in [0.1, 0.15) is 6.33 Å². The van der Waals surface area contributed by atoms with E-state index in [0.717, 1.165) is 49.6 Å². The predicted octanol–water partition coefficient (Wildman–Crippen LogP) is 0.848. The number of fused-ring (bicyclic) bond motifs is 1. The first-order valence-electron chi connectivity index (χ1n) is 8.84. The Labute approximate surface area is 148 Å². The van der Waals surface area contributed by atoms with Gasteiger partial charge in [-0.25, -0.2) is 0 Å². The molecule has 136 valence electrons. The number of amides is 1. The number of aromatic nitrogens is 4. The fraction of sp³-hybridized carbons (Fsp3) is 0.647. The molecule has 0 aliphatic carbocycles. The maximum absolute atomic E-state index is 12.0. The number of hydrogen-bond donors (Lipinski definition) is 0. The molecule has 0 atom stereocenters. The number of hydrogen-bond acceptors (Lipinski definition) is 6. The van der Waals surface area contributed by atoms with Gasteiger partial charge < -0.3 is 9.80 Å². The first-order valence-corrected chi connectivity index (χ1v) is 8.84. The molecule has 0 unspecified atom stereocenters. The smallest absolute Gasteiger partial charge is 0.236 e. The summed E-state index contributed by atoms with van der Waals surface area (Å²) in [5.41, 5.74) is 2.91. The Morgan fingerprint density at radius 2 is 2.04 bits per heavy atom. The van der Waals surface area contributed by atoms with E-state index in [2.05, 4.69) is 45.0 Å². The molecule has 1 amide bonds. The van der Waals surface area contributed by atoms with Crippen molar-refractivity contribution in [1.82, 2.24) is 29.6 Å². The number of anilines is 1. The Kier molecular flexibility index (Phi) is 5.17. The van der Waals surface area contributed by atoms with Gasteiger partial charge in [-0.2, -0.15) is 9.61 Å². The van der Waals surface area contributed by atoms with Crippen molar-refractivity contribution in [1.29, 1.82) is 0 Å². The molecular formula is C17H27N7O. The highest BCUT2D eigenvalue weighted by Gasteiger charge is 2.21. The molecule has 1 fully saturated rings. The van der Waals surface area contributed by atoms with Crippen molar-refractivity contribution < 1.29 is 4.79 Å². The van der Waals surface area contributed by atoms with Crippen molar-refractivity contribution in [2.75, 3.05) is 51.7 Å². The van der Waals surface area contributed by atoms with Crippen molar-refractivity contribution in [3.8, 4) is 0 Å². The molecule has 2 aromatic heterocycles. The molecule has 0 radical (unpaired) electrons. The van der Waals surface area contributed by atoms with Crippen molar-refractivity contribution >= 4 is 17.2 Å². The molecule has 0 spiro atoms. The van der Waals surface area contributed by atoms with E-state index in [9.17, 15) is 4.79 Å². The average molecular weight is 345 g/mol. The third-order valence-electron chi connectivity index (χ3n) is 4.65. The SMILES string of the molecule is CC(C)c1cc(N2CCCN(CC(=O)N(C)C)CC2)c2nncn2n1. The minimum absolute atomic E-state index is 0.152. The van der Waals surface area contributed by atoms with Gasteiger partial charge in [0.25, 0.3) is 0 Å². The van der Waals surface area contributed by atoms with Crippen molar-refractivity contribution in [3.05, 3.63) is 18.1 Å². The summed E-state index contributed by atoms with van der Waals surface area (Å²) in [5, 5.41) is 12.9. The van der Waals surface area contributed by atoms with Crippen molar-refractivity contribution in [2.24, 2.45) is 0 Å². The normalized spacial score (nSPS) is 16.4. The fourth-order valence-electron chi connectivity index (χ4n) is 3.05. The van der Waals surface area contributed by atoms with Crippen molar-refractivity contribution in [3.63, 3.8) is 0 Å². The standard InChI is InChI=1S/C17H27N7O/c1-13(2)14-10-15(17-19-18-12-24(17)20-14)23-7-5-6-22(8-9-23)11-16(25)21(3)4/h10,12-13H,5-9,11H2,1-4H3. The van der Waals surface area contributed by atoms with Gasteiger partial charge in [0.15, 0.2) is 0 Å². The Hall–Kier alpha value is -2.22. The van der Waals surface area contributed by atoms with E-state index in [-0.39, 0.29) is 5.91 Å². The summed E-state index contributed by atoms with van der Waals surface area (Å²) in [5.74, 6) is 0.492. The Balaban J connectivity index is 1.79. The molecule has 3 rings (SSSR count). The second-order valence-electron chi connectivity index (χ2n) is 7.11. The molecule has 25 heavy (non-hydrogen) atoms. The quantitative estimate of drug-likeness (QED) is 0.818. The number of carbonyl (C=O) groups excluding carboxylic acids is 1. The zero-order valence-corrected chi connectivity index (χ0v) is 15.5. The van der Waals surface area contributed by atoms with Gasteiger partial charge in [0.2, 0.25) is 11.6 Å². The average Bonchev–Trinajstić information content (AvgIpc) is 2.93. The molecule has 3 heterocycles. The van der Waals surface area contributed by atoms with Crippen LogP contribution in [0.1, 0.15) is 31.9 Å². The summed E-state index contributed by atoms with van der Waals surface area (Å²) in [4.78, 5) is 18.2. The van der Waals surface area contributed by atoms with Gasteiger partial charge in [-0.3, -0.25) is 9.69 Å². The van der Waals surface area contributed by atoms with E-state index in [1.165, 1.54) is 0 Å². The molecule has 0 saturated carbocycles. The molecule has 2 aromatic rings. The lowest BCUT2D eigenvalue weighted by molar-refractivity contribution is -0.129. The summed E-state index contributed by atoms with van der Waals surface area (Å²) in [6.45, 7) is 8.36. The molecule has 1 aliphatic rings. The number of carbonyl (C=O) groups is 1. The summed E-state index contributed by atoms with van der Waals surface area (Å²) < 4.78 is 1.77. The van der Waals surface area contributed by atoms with Gasteiger partial charge in [0, 0.05) is 40.3 Å². The number of likely N-dealkylation sites (N-methyl/N-ethyl adjacent to an activating group) is 1. The summed E-state index contributed by atoms with van der Waals surface area (Å²) in [7, 11) is 3.61. The minimum Gasteiger partial charge on any atom is -0.367 e. The molecular weight excluding hydrogens is 318 g/mol. The Bertz CT molecular complexity index is 740. The lowest BCUT2D eigenvalue weighted by Crippen LogP contribution is -2.38. The van der Waals surface area contributed by atoms with Crippen LogP contribution < -0.4 is 4.90 Å². The van der Waals surface area contributed by atoms with Gasteiger partial charge in [-0.15, -0.1) is 10.2 Å². The van der Waals surface area contributed by atoms with Gasteiger partial charge >= 0.3 is 0 Å². The lowest BCUT2D eigenvalue weighted by atomic mass is 10.1. The molecule has 0 aromatic carbocycles. The highest BCUT2D eigenvalue weighted by atomic mass is 16.2. The molecule has 1 saturated heterocycles. The number of nitrogens with zero attached hydrogens (tertiary/aromatic N) is 7. The fourth-order valence-corrected chi connectivity index (χ4v) is 3.05. The van der Waals surface area contributed by atoms with Crippen LogP contribution in [0.25, 0.3) is 5.65 Å². The first-order chi connectivity index (χ1) is 12.0. The predicted molar refractivity (Wildman–Crippen MR) is 96.8 cm³/mol. The molecule has 0 bridgehead atoms. The third kappa shape index (κ3) is 3.89. The summed E-state index contributed by atoms with van der Waals surface area (Å²) in [6.07, 6.45) is 2.67. The summed E-state index contributed by atoms with van der Waals surface area (Å²) >= 11 is 0. The van der Waals surface area contributed by atoms with Gasteiger partial charge in [-0.1, -0.05) is 13.8 Å².